The van der Waals surface area contributed by atoms with Crippen molar-refractivity contribution in [3.63, 3.8) is 0 Å². The molecule has 3 heteroatoms. The Labute approximate surface area is 113 Å². The summed E-state index contributed by atoms with van der Waals surface area (Å²) in [5, 5.41) is 4.62. The number of nitrogens with one attached hydrogen (secondary N) is 1. The standard InChI is InChI=1S/C14H22BrNO/c1-4-13(7-8-15)16-10-12-9-11(2)5-6-14(12)17-3/h5-6,9,13,16H,4,7-8,10H2,1-3H3. The molecular weight excluding hydrogens is 278 g/mol. The summed E-state index contributed by atoms with van der Waals surface area (Å²) in [4.78, 5) is 0. The maximum absolute atomic E-state index is 5.38. The molecule has 0 aliphatic carbocycles. The van der Waals surface area contributed by atoms with Crippen molar-refractivity contribution in [1.82, 2.24) is 5.32 Å². The van der Waals surface area contributed by atoms with Gasteiger partial charge in [-0.25, -0.2) is 0 Å². The van der Waals surface area contributed by atoms with Gasteiger partial charge in [0.25, 0.3) is 0 Å². The first kappa shape index (κ1) is 14.5. The van der Waals surface area contributed by atoms with Gasteiger partial charge in [0.15, 0.2) is 0 Å². The minimum atomic E-state index is 0.569. The van der Waals surface area contributed by atoms with E-state index in [9.17, 15) is 0 Å². The highest BCUT2D eigenvalue weighted by Crippen LogP contribution is 2.19. The van der Waals surface area contributed by atoms with Crippen LogP contribution in [-0.2, 0) is 6.54 Å². The van der Waals surface area contributed by atoms with E-state index in [0.29, 0.717) is 6.04 Å². The quantitative estimate of drug-likeness (QED) is 0.776. The summed E-state index contributed by atoms with van der Waals surface area (Å²) in [7, 11) is 1.73. The predicted octanol–water partition coefficient (Wildman–Crippen LogP) is 3.66. The molecule has 1 unspecified atom stereocenters. The van der Waals surface area contributed by atoms with Gasteiger partial charge in [0, 0.05) is 23.5 Å². The number of methoxy groups -OCH3 is 1. The van der Waals surface area contributed by atoms with Gasteiger partial charge >= 0.3 is 0 Å². The van der Waals surface area contributed by atoms with Crippen molar-refractivity contribution >= 4 is 15.9 Å². The van der Waals surface area contributed by atoms with Gasteiger partial charge in [0.1, 0.15) is 5.75 Å². The van der Waals surface area contributed by atoms with E-state index in [-0.39, 0.29) is 0 Å². The van der Waals surface area contributed by atoms with Crippen molar-refractivity contribution in [1.29, 1.82) is 0 Å². The minimum Gasteiger partial charge on any atom is -0.496 e. The van der Waals surface area contributed by atoms with E-state index in [1.165, 1.54) is 11.1 Å². The van der Waals surface area contributed by atoms with Gasteiger partial charge in [-0.2, -0.15) is 0 Å². The van der Waals surface area contributed by atoms with Crippen LogP contribution in [0.5, 0.6) is 5.75 Å². The van der Waals surface area contributed by atoms with E-state index in [1.54, 1.807) is 7.11 Å². The molecule has 1 rings (SSSR count). The van der Waals surface area contributed by atoms with E-state index in [4.69, 9.17) is 4.74 Å². The van der Waals surface area contributed by atoms with Crippen molar-refractivity contribution in [2.24, 2.45) is 0 Å². The second kappa shape index (κ2) is 7.72. The third kappa shape index (κ3) is 4.68. The van der Waals surface area contributed by atoms with Crippen LogP contribution in [0, 0.1) is 6.92 Å². The zero-order valence-electron chi connectivity index (χ0n) is 10.9. The van der Waals surface area contributed by atoms with Crippen LogP contribution in [0.25, 0.3) is 0 Å². The Bertz CT molecular complexity index is 341. The monoisotopic (exact) mass is 299 g/mol. The van der Waals surface area contributed by atoms with Crippen LogP contribution in [-0.4, -0.2) is 18.5 Å². The predicted molar refractivity (Wildman–Crippen MR) is 77.1 cm³/mol. The Morgan fingerprint density at radius 3 is 2.76 bits per heavy atom. The fourth-order valence-corrected chi connectivity index (χ4v) is 2.43. The molecule has 0 saturated heterocycles. The third-order valence-electron chi connectivity index (χ3n) is 2.97. The average Bonchev–Trinajstić information content (AvgIpc) is 2.34. The number of alkyl halides is 1. The van der Waals surface area contributed by atoms with Crippen molar-refractivity contribution < 1.29 is 4.74 Å². The van der Waals surface area contributed by atoms with E-state index in [1.807, 2.05) is 6.07 Å². The lowest BCUT2D eigenvalue weighted by Gasteiger charge is -2.17. The van der Waals surface area contributed by atoms with E-state index in [2.05, 4.69) is 47.2 Å². The van der Waals surface area contributed by atoms with Gasteiger partial charge in [-0.3, -0.25) is 0 Å². The smallest absolute Gasteiger partial charge is 0.123 e. The molecule has 2 nitrogen and oxygen atoms in total. The van der Waals surface area contributed by atoms with Gasteiger partial charge in [-0.05, 0) is 25.8 Å². The highest BCUT2D eigenvalue weighted by molar-refractivity contribution is 9.09. The highest BCUT2D eigenvalue weighted by atomic mass is 79.9. The van der Waals surface area contributed by atoms with Crippen LogP contribution in [0.15, 0.2) is 18.2 Å². The molecule has 0 bridgehead atoms. The normalized spacial score (nSPS) is 12.5. The van der Waals surface area contributed by atoms with Crippen molar-refractivity contribution in [2.45, 2.75) is 39.3 Å². The first-order valence-corrected chi connectivity index (χ1v) is 7.26. The number of ether oxygens (including phenoxy) is 1. The van der Waals surface area contributed by atoms with Gasteiger partial charge in [-0.1, -0.05) is 40.5 Å². The average molecular weight is 300 g/mol. The van der Waals surface area contributed by atoms with Crippen LogP contribution in [0.1, 0.15) is 30.9 Å². The number of aryl methyl sites for hydroxylation is 1. The number of hydrogen-bond donors (Lipinski definition) is 1. The maximum atomic E-state index is 5.38. The summed E-state index contributed by atoms with van der Waals surface area (Å²) in [5.74, 6) is 0.969. The molecule has 0 aromatic heterocycles. The van der Waals surface area contributed by atoms with Crippen LogP contribution in [0.2, 0.25) is 0 Å². The number of halogens is 1. The molecular formula is C14H22BrNO. The topological polar surface area (TPSA) is 21.3 Å². The van der Waals surface area contributed by atoms with Crippen LogP contribution >= 0.6 is 15.9 Å². The van der Waals surface area contributed by atoms with Gasteiger partial charge in [-0.15, -0.1) is 0 Å². The number of rotatable bonds is 7. The lowest BCUT2D eigenvalue weighted by atomic mass is 10.1. The minimum absolute atomic E-state index is 0.569. The summed E-state index contributed by atoms with van der Waals surface area (Å²) in [6, 6.07) is 6.88. The van der Waals surface area contributed by atoms with Crippen molar-refractivity contribution in [2.75, 3.05) is 12.4 Å². The van der Waals surface area contributed by atoms with Gasteiger partial charge < -0.3 is 10.1 Å². The molecule has 17 heavy (non-hydrogen) atoms. The Balaban J connectivity index is 2.63. The first-order chi connectivity index (χ1) is 8.21. The summed E-state index contributed by atoms with van der Waals surface area (Å²) < 4.78 is 5.38. The van der Waals surface area contributed by atoms with Crippen LogP contribution in [0.4, 0.5) is 0 Å². The Morgan fingerprint density at radius 1 is 1.41 bits per heavy atom. The fraction of sp³-hybridized carbons (Fsp3) is 0.571. The molecule has 1 aromatic carbocycles. The number of hydrogen-bond acceptors (Lipinski definition) is 2. The van der Waals surface area contributed by atoms with Crippen molar-refractivity contribution in [3.8, 4) is 5.75 Å². The number of benzene rings is 1. The summed E-state index contributed by atoms with van der Waals surface area (Å²) in [5.41, 5.74) is 2.51. The van der Waals surface area contributed by atoms with E-state index in [0.717, 1.165) is 30.5 Å². The summed E-state index contributed by atoms with van der Waals surface area (Å²) >= 11 is 3.49. The zero-order chi connectivity index (χ0) is 12.7. The third-order valence-corrected chi connectivity index (χ3v) is 3.43. The molecule has 96 valence electrons. The fourth-order valence-electron chi connectivity index (χ4n) is 1.88. The molecule has 0 saturated carbocycles. The summed E-state index contributed by atoms with van der Waals surface area (Å²) in [6.07, 6.45) is 2.31. The lowest BCUT2D eigenvalue weighted by molar-refractivity contribution is 0.403. The molecule has 0 spiro atoms. The zero-order valence-corrected chi connectivity index (χ0v) is 12.5. The molecule has 0 aliphatic rings. The second-order valence-electron chi connectivity index (χ2n) is 4.28. The molecule has 1 atom stereocenters. The van der Waals surface area contributed by atoms with Gasteiger partial charge in [0.05, 0.1) is 7.11 Å². The molecule has 0 fully saturated rings. The SMILES string of the molecule is CCC(CCBr)NCc1cc(C)ccc1OC. The van der Waals surface area contributed by atoms with Crippen LogP contribution in [0.3, 0.4) is 0 Å². The molecule has 0 aliphatic heterocycles. The Morgan fingerprint density at radius 2 is 2.18 bits per heavy atom. The van der Waals surface area contributed by atoms with E-state index < -0.39 is 0 Å². The second-order valence-corrected chi connectivity index (χ2v) is 5.07. The molecule has 0 radical (unpaired) electrons. The van der Waals surface area contributed by atoms with E-state index >= 15 is 0 Å². The van der Waals surface area contributed by atoms with Gasteiger partial charge in [0.2, 0.25) is 0 Å². The Hall–Kier alpha value is -0.540. The Kier molecular flexibility index (Phi) is 6.60. The molecule has 0 heterocycles. The van der Waals surface area contributed by atoms with Crippen molar-refractivity contribution in [3.05, 3.63) is 29.3 Å². The first-order valence-electron chi connectivity index (χ1n) is 6.14. The molecule has 1 aromatic rings. The lowest BCUT2D eigenvalue weighted by Crippen LogP contribution is -2.28. The maximum Gasteiger partial charge on any atom is 0.123 e. The molecule has 0 amide bonds. The van der Waals surface area contributed by atoms with Crippen LogP contribution < -0.4 is 10.1 Å². The highest BCUT2D eigenvalue weighted by Gasteiger charge is 2.07. The largest absolute Gasteiger partial charge is 0.496 e. The molecule has 1 N–H and O–H groups in total. The summed E-state index contributed by atoms with van der Waals surface area (Å²) in [6.45, 7) is 5.20.